The highest BCUT2D eigenvalue weighted by molar-refractivity contribution is 6.00. The number of nitrogens with zero attached hydrogens (tertiary/aromatic N) is 5. The van der Waals surface area contributed by atoms with Gasteiger partial charge in [0.2, 0.25) is 5.95 Å². The Balaban J connectivity index is 1.26. The molecule has 0 aliphatic carbocycles. The molecule has 1 aliphatic rings. The van der Waals surface area contributed by atoms with Gasteiger partial charge in [0.15, 0.2) is 5.65 Å². The van der Waals surface area contributed by atoms with Gasteiger partial charge < -0.3 is 20.7 Å². The van der Waals surface area contributed by atoms with Gasteiger partial charge in [0.25, 0.3) is 0 Å². The van der Waals surface area contributed by atoms with E-state index < -0.39 is 0 Å². The van der Waals surface area contributed by atoms with Crippen molar-refractivity contribution < 1.29 is 9.53 Å². The van der Waals surface area contributed by atoms with Crippen LogP contribution in [-0.2, 0) is 18.2 Å². The maximum atomic E-state index is 12.6. The van der Waals surface area contributed by atoms with E-state index in [1.54, 1.807) is 4.68 Å². The summed E-state index contributed by atoms with van der Waals surface area (Å²) < 4.78 is 7.18. The third kappa shape index (κ3) is 5.92. The number of aryl methyl sites for hydroxylation is 3. The van der Waals surface area contributed by atoms with Crippen molar-refractivity contribution in [2.45, 2.75) is 20.3 Å². The minimum atomic E-state index is -0.278. The third-order valence-electron chi connectivity index (χ3n) is 6.74. The second-order valence-electron chi connectivity index (χ2n) is 9.45. The molecule has 198 valence electrons. The van der Waals surface area contributed by atoms with E-state index in [0.717, 1.165) is 85.0 Å². The number of hydrogen-bond donors (Lipinski definition) is 3. The molecule has 4 aromatic rings. The van der Waals surface area contributed by atoms with Crippen molar-refractivity contribution in [3.63, 3.8) is 0 Å². The van der Waals surface area contributed by atoms with Gasteiger partial charge in [0.1, 0.15) is 5.69 Å². The Bertz CT molecular complexity index is 1430. The number of anilines is 3. The molecule has 0 radical (unpaired) electrons. The van der Waals surface area contributed by atoms with Crippen LogP contribution in [0.3, 0.4) is 0 Å². The van der Waals surface area contributed by atoms with Crippen LogP contribution in [0.25, 0.3) is 22.3 Å². The molecule has 0 saturated carbocycles. The molecule has 0 bridgehead atoms. The van der Waals surface area contributed by atoms with Crippen molar-refractivity contribution in [1.82, 2.24) is 24.6 Å². The molecule has 3 N–H and O–H groups in total. The molecule has 0 unspecified atom stereocenters. The van der Waals surface area contributed by atoms with Crippen molar-refractivity contribution in [3.8, 4) is 11.3 Å². The molecule has 3 heterocycles. The molecular formula is C28H34N8O2. The van der Waals surface area contributed by atoms with Crippen LogP contribution >= 0.6 is 0 Å². The topological polar surface area (TPSA) is 109 Å². The predicted molar refractivity (Wildman–Crippen MR) is 151 cm³/mol. The molecule has 38 heavy (non-hydrogen) atoms. The van der Waals surface area contributed by atoms with E-state index in [1.165, 1.54) is 5.56 Å². The van der Waals surface area contributed by atoms with Gasteiger partial charge in [0, 0.05) is 56.4 Å². The summed E-state index contributed by atoms with van der Waals surface area (Å²) in [5.41, 5.74) is 6.11. The van der Waals surface area contributed by atoms with Crippen molar-refractivity contribution in [2.75, 3.05) is 55.3 Å². The molecule has 2 amide bonds. The first-order valence-corrected chi connectivity index (χ1v) is 13.0. The van der Waals surface area contributed by atoms with Crippen molar-refractivity contribution in [3.05, 3.63) is 59.8 Å². The Morgan fingerprint density at radius 2 is 1.95 bits per heavy atom. The van der Waals surface area contributed by atoms with E-state index in [0.29, 0.717) is 5.95 Å². The van der Waals surface area contributed by atoms with Gasteiger partial charge in [-0.2, -0.15) is 10.1 Å². The van der Waals surface area contributed by atoms with Crippen molar-refractivity contribution in [1.29, 1.82) is 0 Å². The Labute approximate surface area is 222 Å². The van der Waals surface area contributed by atoms with Crippen LogP contribution in [0.4, 0.5) is 22.1 Å². The summed E-state index contributed by atoms with van der Waals surface area (Å²) in [4.78, 5) is 24.2. The summed E-state index contributed by atoms with van der Waals surface area (Å²) in [5.74, 6) is 0.589. The lowest BCUT2D eigenvalue weighted by Gasteiger charge is -2.26. The van der Waals surface area contributed by atoms with Crippen LogP contribution in [0.2, 0.25) is 0 Å². The molecule has 0 atom stereocenters. The highest BCUT2D eigenvalue weighted by Crippen LogP contribution is 2.29. The number of aromatic nitrogens is 4. The first kappa shape index (κ1) is 25.6. The third-order valence-corrected chi connectivity index (χ3v) is 6.74. The van der Waals surface area contributed by atoms with Crippen molar-refractivity contribution >= 4 is 34.4 Å². The van der Waals surface area contributed by atoms with Crippen LogP contribution in [0.1, 0.15) is 18.1 Å². The summed E-state index contributed by atoms with van der Waals surface area (Å²) in [6.45, 7) is 9.23. The Morgan fingerprint density at radius 1 is 1.11 bits per heavy atom. The van der Waals surface area contributed by atoms with E-state index in [-0.39, 0.29) is 6.03 Å². The van der Waals surface area contributed by atoms with Gasteiger partial charge >= 0.3 is 6.03 Å². The fourth-order valence-corrected chi connectivity index (χ4v) is 4.59. The summed E-state index contributed by atoms with van der Waals surface area (Å²) >= 11 is 0. The minimum Gasteiger partial charge on any atom is -0.379 e. The molecule has 10 heteroatoms. The lowest BCUT2D eigenvalue weighted by molar-refractivity contribution is 0.0398. The van der Waals surface area contributed by atoms with Gasteiger partial charge in [-0.25, -0.2) is 14.5 Å². The van der Waals surface area contributed by atoms with Crippen LogP contribution in [0.15, 0.2) is 48.7 Å². The quantitative estimate of drug-likeness (QED) is 0.322. The molecule has 1 aliphatic heterocycles. The summed E-state index contributed by atoms with van der Waals surface area (Å²) in [6, 6.07) is 13.4. The number of amides is 2. The van der Waals surface area contributed by atoms with Gasteiger partial charge in [-0.3, -0.25) is 4.90 Å². The molecule has 10 nitrogen and oxygen atoms in total. The average molecular weight is 515 g/mol. The van der Waals surface area contributed by atoms with Crippen LogP contribution in [0, 0.1) is 6.92 Å². The van der Waals surface area contributed by atoms with Crippen molar-refractivity contribution in [2.24, 2.45) is 7.05 Å². The predicted octanol–water partition coefficient (Wildman–Crippen LogP) is 4.29. The normalized spacial score (nSPS) is 14.0. The summed E-state index contributed by atoms with van der Waals surface area (Å²) in [6.07, 6.45) is 2.73. The fourth-order valence-electron chi connectivity index (χ4n) is 4.59. The largest absolute Gasteiger partial charge is 0.379 e. The smallest absolute Gasteiger partial charge is 0.323 e. The van der Waals surface area contributed by atoms with Crippen LogP contribution < -0.4 is 16.0 Å². The highest BCUT2D eigenvalue weighted by Gasteiger charge is 2.16. The average Bonchev–Trinajstić information content (AvgIpc) is 3.26. The standard InChI is InChI=1S/C28H34N8O2/c1-4-20-6-5-7-22(17-20)31-28(37)32-24-9-8-21(16-19(24)2)25-23-18-30-27(33-26(23)35(3)34-25)29-10-11-36-12-14-38-15-13-36/h5-9,16-18H,4,10-15H2,1-3H3,(H,29,30,33)(H2,31,32,37). The maximum absolute atomic E-state index is 12.6. The number of hydrogen-bond acceptors (Lipinski definition) is 7. The minimum absolute atomic E-state index is 0.278. The van der Waals surface area contributed by atoms with Gasteiger partial charge in [-0.1, -0.05) is 25.1 Å². The first-order valence-electron chi connectivity index (χ1n) is 13.0. The maximum Gasteiger partial charge on any atom is 0.323 e. The zero-order valence-electron chi connectivity index (χ0n) is 22.1. The summed E-state index contributed by atoms with van der Waals surface area (Å²) in [7, 11) is 1.89. The Morgan fingerprint density at radius 3 is 2.74 bits per heavy atom. The van der Waals surface area contributed by atoms with Crippen LogP contribution in [0.5, 0.6) is 0 Å². The molecule has 5 rings (SSSR count). The number of carbonyl (C=O) groups excluding carboxylic acids is 1. The fraction of sp³-hybridized carbons (Fsp3) is 0.357. The number of rotatable bonds is 8. The lowest BCUT2D eigenvalue weighted by Crippen LogP contribution is -2.39. The molecular weight excluding hydrogens is 480 g/mol. The van der Waals surface area contributed by atoms with Gasteiger partial charge in [0.05, 0.1) is 18.6 Å². The number of nitrogens with one attached hydrogen (secondary N) is 3. The molecule has 1 saturated heterocycles. The number of carbonyl (C=O) groups is 1. The Kier molecular flexibility index (Phi) is 7.81. The van der Waals surface area contributed by atoms with Gasteiger partial charge in [-0.15, -0.1) is 0 Å². The van der Waals surface area contributed by atoms with E-state index >= 15 is 0 Å². The zero-order valence-corrected chi connectivity index (χ0v) is 22.1. The van der Waals surface area contributed by atoms with E-state index in [4.69, 9.17) is 14.8 Å². The van der Waals surface area contributed by atoms with E-state index in [2.05, 4.69) is 32.8 Å². The monoisotopic (exact) mass is 514 g/mol. The first-order chi connectivity index (χ1) is 18.5. The number of benzene rings is 2. The second-order valence-corrected chi connectivity index (χ2v) is 9.45. The van der Waals surface area contributed by atoms with E-state index in [9.17, 15) is 4.79 Å². The zero-order chi connectivity index (χ0) is 26.5. The highest BCUT2D eigenvalue weighted by atomic mass is 16.5. The molecule has 0 spiro atoms. The summed E-state index contributed by atoms with van der Waals surface area (Å²) in [5, 5.41) is 14.8. The van der Waals surface area contributed by atoms with E-state index in [1.807, 2.05) is 62.6 Å². The number of urea groups is 1. The Hall–Kier alpha value is -4.02. The molecule has 2 aromatic carbocycles. The molecule has 1 fully saturated rings. The SMILES string of the molecule is CCc1cccc(NC(=O)Nc2ccc(-c3nn(C)c4nc(NCCN5CCOCC5)ncc34)cc2C)c1. The molecule has 2 aromatic heterocycles. The van der Waals surface area contributed by atoms with Crippen LogP contribution in [-0.4, -0.2) is 70.1 Å². The number of ether oxygens (including phenoxy) is 1. The lowest BCUT2D eigenvalue weighted by atomic mass is 10.1. The number of fused-ring (bicyclic) bond motifs is 1. The van der Waals surface area contributed by atoms with Gasteiger partial charge in [-0.05, 0) is 48.7 Å². The second kappa shape index (κ2) is 11.6. The number of morpholine rings is 1.